The number of hydrogen-bond donors (Lipinski definition) is 0. The van der Waals surface area contributed by atoms with Gasteiger partial charge >= 0.3 is 11.2 Å². The van der Waals surface area contributed by atoms with Crippen LogP contribution in [0.2, 0.25) is 0 Å². The minimum Gasteiger partial charge on any atom is -0.741 e. The van der Waals surface area contributed by atoms with Crippen LogP contribution in [0.25, 0.3) is 16.1 Å². The minimum absolute atomic E-state index is 0.352. The molecule has 0 radical (unpaired) electrons. The number of rotatable bonds is 7. The molecule has 2 aromatic carbocycles. The first-order chi connectivity index (χ1) is 14.5. The second-order valence-corrected chi connectivity index (χ2v) is 7.01. The predicted octanol–water partition coefficient (Wildman–Crippen LogP) is 5.09. The van der Waals surface area contributed by atoms with E-state index in [2.05, 4.69) is 4.98 Å². The van der Waals surface area contributed by atoms with E-state index < -0.39 is 15.6 Å². The number of nitrogens with zero attached hydrogens (tertiary/aromatic N) is 2. The predicted molar refractivity (Wildman–Crippen MR) is 106 cm³/mol. The highest BCUT2D eigenvalue weighted by Gasteiger charge is 2.36. The summed E-state index contributed by atoms with van der Waals surface area (Å²) in [6, 6.07) is 11.3. The van der Waals surface area contributed by atoms with E-state index in [0.717, 1.165) is 16.9 Å². The maximum Gasteiger partial charge on any atom is 0.485 e. The molecular formula is C19H21F3N2O6S. The van der Waals surface area contributed by atoms with E-state index in [4.69, 9.17) is 32.6 Å². The van der Waals surface area contributed by atoms with Crippen LogP contribution in [0.5, 0.6) is 17.2 Å². The Morgan fingerprint density at radius 1 is 0.935 bits per heavy atom. The van der Waals surface area contributed by atoms with Gasteiger partial charge in [0, 0.05) is 11.6 Å². The molecule has 2 aromatic rings. The quantitative estimate of drug-likeness (QED) is 0.320. The molecule has 2 rings (SSSR count). The van der Waals surface area contributed by atoms with Crippen LogP contribution in [0.3, 0.4) is 0 Å². The fraction of sp³-hybridized carbons (Fsp3) is 0.368. The molecule has 0 heterocycles. The van der Waals surface area contributed by atoms with Gasteiger partial charge in [0.15, 0.2) is 15.1 Å². The van der Waals surface area contributed by atoms with E-state index in [1.807, 2.05) is 51.1 Å². The maximum atomic E-state index is 10.7. The van der Waals surface area contributed by atoms with E-state index in [0.29, 0.717) is 37.0 Å². The average molecular weight is 462 g/mol. The maximum absolute atomic E-state index is 10.7. The summed E-state index contributed by atoms with van der Waals surface area (Å²) in [4.78, 5) is 3.28. The van der Waals surface area contributed by atoms with Crippen LogP contribution in [0.4, 0.5) is 18.9 Å². The summed E-state index contributed by atoms with van der Waals surface area (Å²) in [5.74, 6) is 1.98. The van der Waals surface area contributed by atoms with Gasteiger partial charge in [-0.1, -0.05) is 12.1 Å². The van der Waals surface area contributed by atoms with Gasteiger partial charge in [0.2, 0.25) is 11.1 Å². The van der Waals surface area contributed by atoms with Gasteiger partial charge in [-0.15, -0.1) is 0 Å². The Hall–Kier alpha value is -3.04. The molecule has 0 atom stereocenters. The molecule has 0 saturated carbocycles. The average Bonchev–Trinajstić information content (AvgIpc) is 2.69. The van der Waals surface area contributed by atoms with Crippen LogP contribution >= 0.6 is 0 Å². The van der Waals surface area contributed by atoms with Crippen molar-refractivity contribution in [3.63, 3.8) is 0 Å². The standard InChI is InChI=1S/C18H21N2O3.CHF3O3S/c1-4-21-14-9-7-13(8-10-14)15-11-18(23-6-3)16(20-19)12-17(15)22-5-2;2-1(3,4)8(5,6)7/h7-12H,4-6H2,1-3H3;(H,5,6,7)/q+1;/p-1. The molecule has 0 aliphatic carbocycles. The highest BCUT2D eigenvalue weighted by atomic mass is 32.2. The van der Waals surface area contributed by atoms with Crippen LogP contribution in [-0.2, 0) is 10.1 Å². The molecule has 0 bridgehead atoms. The van der Waals surface area contributed by atoms with Crippen LogP contribution in [0, 0.1) is 5.39 Å². The lowest BCUT2D eigenvalue weighted by Crippen LogP contribution is -2.21. The van der Waals surface area contributed by atoms with Gasteiger partial charge in [-0.2, -0.15) is 13.2 Å². The summed E-state index contributed by atoms with van der Waals surface area (Å²) in [7, 11) is -6.09. The zero-order valence-corrected chi connectivity index (χ0v) is 17.8. The molecule has 0 aliphatic rings. The van der Waals surface area contributed by atoms with Crippen molar-refractivity contribution in [3.05, 3.63) is 41.4 Å². The van der Waals surface area contributed by atoms with Crippen LogP contribution < -0.4 is 14.2 Å². The van der Waals surface area contributed by atoms with Gasteiger partial charge in [0.25, 0.3) is 0 Å². The van der Waals surface area contributed by atoms with Crippen molar-refractivity contribution < 1.29 is 40.4 Å². The molecule has 0 fully saturated rings. The Morgan fingerprint density at radius 3 is 1.84 bits per heavy atom. The molecule has 0 aliphatic heterocycles. The largest absolute Gasteiger partial charge is 0.741 e. The zero-order valence-electron chi connectivity index (χ0n) is 17.0. The van der Waals surface area contributed by atoms with Crippen molar-refractivity contribution in [2.45, 2.75) is 26.3 Å². The summed E-state index contributed by atoms with van der Waals surface area (Å²) >= 11 is 0. The third-order valence-electron chi connectivity index (χ3n) is 3.53. The molecule has 8 nitrogen and oxygen atoms in total. The molecule has 0 spiro atoms. The summed E-state index contributed by atoms with van der Waals surface area (Å²) in [5.41, 5.74) is -3.44. The summed E-state index contributed by atoms with van der Waals surface area (Å²) in [6.07, 6.45) is 0. The lowest BCUT2D eigenvalue weighted by atomic mass is 10.0. The number of alkyl halides is 3. The van der Waals surface area contributed by atoms with E-state index in [1.54, 1.807) is 6.07 Å². The first-order valence-electron chi connectivity index (χ1n) is 9.02. The SMILES string of the molecule is CCOc1ccc(-c2cc(OCC)c([N+]#N)cc2OCC)cc1.O=S(=O)([O-])C(F)(F)F. The first-order valence-corrected chi connectivity index (χ1v) is 10.4. The second-order valence-electron chi connectivity index (χ2n) is 5.64. The van der Waals surface area contributed by atoms with E-state index in [-0.39, 0.29) is 0 Å². The van der Waals surface area contributed by atoms with Crippen molar-refractivity contribution >= 4 is 15.8 Å². The molecule has 0 amide bonds. The van der Waals surface area contributed by atoms with Crippen molar-refractivity contribution in [2.24, 2.45) is 0 Å². The van der Waals surface area contributed by atoms with E-state index in [9.17, 15) is 13.2 Å². The number of diazo groups is 1. The molecule has 170 valence electrons. The van der Waals surface area contributed by atoms with Crippen molar-refractivity contribution in [1.29, 1.82) is 5.39 Å². The molecular weight excluding hydrogens is 441 g/mol. The molecule has 0 N–H and O–H groups in total. The third-order valence-corrected chi connectivity index (χ3v) is 4.10. The van der Waals surface area contributed by atoms with Gasteiger partial charge in [-0.05, 0) is 38.5 Å². The van der Waals surface area contributed by atoms with Crippen LogP contribution in [0.1, 0.15) is 20.8 Å². The molecule has 0 unspecified atom stereocenters. The van der Waals surface area contributed by atoms with Gasteiger partial charge in [0.1, 0.15) is 11.5 Å². The number of benzene rings is 2. The molecule has 0 aromatic heterocycles. The summed E-state index contributed by atoms with van der Waals surface area (Å²) in [5, 5.41) is 9.17. The van der Waals surface area contributed by atoms with Crippen molar-refractivity contribution in [1.82, 2.24) is 0 Å². The van der Waals surface area contributed by atoms with Crippen molar-refractivity contribution in [2.75, 3.05) is 19.8 Å². The smallest absolute Gasteiger partial charge is 0.485 e. The highest BCUT2D eigenvalue weighted by Crippen LogP contribution is 2.41. The Kier molecular flexibility index (Phi) is 9.54. The van der Waals surface area contributed by atoms with E-state index >= 15 is 0 Å². The van der Waals surface area contributed by atoms with Gasteiger partial charge in [-0.25, -0.2) is 8.42 Å². The Bertz CT molecular complexity index is 1000. The Balaban J connectivity index is 0.000000512. The molecule has 12 heteroatoms. The second kappa shape index (κ2) is 11.4. The minimum atomic E-state index is -6.09. The third kappa shape index (κ3) is 7.62. The monoisotopic (exact) mass is 462 g/mol. The Labute approximate surface area is 177 Å². The van der Waals surface area contributed by atoms with E-state index in [1.165, 1.54) is 0 Å². The number of halogens is 3. The van der Waals surface area contributed by atoms with Crippen LogP contribution in [-0.4, -0.2) is 38.3 Å². The topological polar surface area (TPSA) is 113 Å². The lowest BCUT2D eigenvalue weighted by Gasteiger charge is -2.12. The lowest BCUT2D eigenvalue weighted by molar-refractivity contribution is -0.0517. The molecule has 31 heavy (non-hydrogen) atoms. The van der Waals surface area contributed by atoms with Crippen LogP contribution in [0.15, 0.2) is 36.4 Å². The Morgan fingerprint density at radius 2 is 1.42 bits per heavy atom. The fourth-order valence-corrected chi connectivity index (χ4v) is 2.30. The van der Waals surface area contributed by atoms with Gasteiger partial charge in [-0.3, -0.25) is 0 Å². The summed E-state index contributed by atoms with van der Waals surface area (Å²) < 4.78 is 75.6. The number of hydrogen-bond acceptors (Lipinski definition) is 7. The first kappa shape index (κ1) is 26.0. The highest BCUT2D eigenvalue weighted by molar-refractivity contribution is 7.86. The van der Waals surface area contributed by atoms with Crippen molar-refractivity contribution in [3.8, 4) is 28.4 Å². The number of ether oxygens (including phenoxy) is 3. The normalized spacial score (nSPS) is 11.0. The molecule has 0 saturated heterocycles. The van der Waals surface area contributed by atoms with Gasteiger partial charge in [0.05, 0.1) is 25.9 Å². The zero-order chi connectivity index (χ0) is 23.7. The fourth-order valence-electron chi connectivity index (χ4n) is 2.30. The summed E-state index contributed by atoms with van der Waals surface area (Å²) in [6.45, 7) is 7.38. The van der Waals surface area contributed by atoms with Gasteiger partial charge < -0.3 is 18.8 Å².